The SMILES string of the molecule is COc1cc(OC)cc(C2CC(=O)OC2c2ccc(OCc3ccccc3)cc2)c1. The molecule has 154 valence electrons. The van der Waals surface area contributed by atoms with Gasteiger partial charge in [-0.2, -0.15) is 0 Å². The van der Waals surface area contributed by atoms with Crippen LogP contribution in [-0.4, -0.2) is 20.2 Å². The Labute approximate surface area is 176 Å². The van der Waals surface area contributed by atoms with Crippen molar-refractivity contribution in [1.82, 2.24) is 0 Å². The highest BCUT2D eigenvalue weighted by Crippen LogP contribution is 2.44. The van der Waals surface area contributed by atoms with Gasteiger partial charge in [-0.15, -0.1) is 0 Å². The zero-order chi connectivity index (χ0) is 20.9. The fourth-order valence-corrected chi connectivity index (χ4v) is 3.69. The van der Waals surface area contributed by atoms with Crippen molar-refractivity contribution in [1.29, 1.82) is 0 Å². The van der Waals surface area contributed by atoms with Crippen LogP contribution in [0.2, 0.25) is 0 Å². The second-order valence-electron chi connectivity index (χ2n) is 7.21. The fraction of sp³-hybridized carbons (Fsp3) is 0.240. The predicted octanol–water partition coefficient (Wildman–Crippen LogP) is 5.05. The Hall–Kier alpha value is -3.47. The molecule has 3 aromatic carbocycles. The zero-order valence-corrected chi connectivity index (χ0v) is 17.0. The van der Waals surface area contributed by atoms with Gasteiger partial charge in [-0.05, 0) is 41.0 Å². The van der Waals surface area contributed by atoms with Crippen LogP contribution in [0, 0.1) is 0 Å². The Morgan fingerprint density at radius 2 is 1.50 bits per heavy atom. The van der Waals surface area contributed by atoms with Crippen molar-refractivity contribution in [2.45, 2.75) is 25.0 Å². The first kappa shape index (κ1) is 19.8. The number of carbonyl (C=O) groups excluding carboxylic acids is 1. The second kappa shape index (κ2) is 8.91. The highest BCUT2D eigenvalue weighted by molar-refractivity contribution is 5.74. The van der Waals surface area contributed by atoms with E-state index >= 15 is 0 Å². The van der Waals surface area contributed by atoms with E-state index in [0.29, 0.717) is 24.5 Å². The number of esters is 1. The number of cyclic esters (lactones) is 1. The summed E-state index contributed by atoms with van der Waals surface area (Å²) >= 11 is 0. The molecule has 30 heavy (non-hydrogen) atoms. The highest BCUT2D eigenvalue weighted by Gasteiger charge is 2.37. The topological polar surface area (TPSA) is 54.0 Å². The lowest BCUT2D eigenvalue weighted by Gasteiger charge is -2.20. The number of rotatable bonds is 7. The molecule has 1 fully saturated rings. The summed E-state index contributed by atoms with van der Waals surface area (Å²) in [6.07, 6.45) is -0.0507. The van der Waals surface area contributed by atoms with Gasteiger partial charge < -0.3 is 18.9 Å². The van der Waals surface area contributed by atoms with Crippen LogP contribution in [0.4, 0.5) is 0 Å². The lowest BCUT2D eigenvalue weighted by Crippen LogP contribution is -2.07. The first-order valence-corrected chi connectivity index (χ1v) is 9.85. The molecule has 1 saturated heterocycles. The summed E-state index contributed by atoms with van der Waals surface area (Å²) in [5.41, 5.74) is 2.99. The van der Waals surface area contributed by atoms with Gasteiger partial charge in [-0.3, -0.25) is 4.79 Å². The number of hydrogen-bond donors (Lipinski definition) is 0. The molecule has 0 bridgehead atoms. The van der Waals surface area contributed by atoms with Gasteiger partial charge >= 0.3 is 5.97 Å². The number of benzene rings is 3. The van der Waals surface area contributed by atoms with E-state index in [9.17, 15) is 4.79 Å². The molecule has 0 N–H and O–H groups in total. The van der Waals surface area contributed by atoms with Crippen molar-refractivity contribution in [3.63, 3.8) is 0 Å². The van der Waals surface area contributed by atoms with Crippen molar-refractivity contribution in [3.05, 3.63) is 89.5 Å². The van der Waals surface area contributed by atoms with E-state index in [-0.39, 0.29) is 18.0 Å². The molecule has 0 amide bonds. The minimum Gasteiger partial charge on any atom is -0.497 e. The molecular formula is C25H24O5. The molecular weight excluding hydrogens is 380 g/mol. The van der Waals surface area contributed by atoms with Gasteiger partial charge in [0, 0.05) is 12.0 Å². The van der Waals surface area contributed by atoms with E-state index in [4.69, 9.17) is 18.9 Å². The molecule has 0 aliphatic carbocycles. The zero-order valence-electron chi connectivity index (χ0n) is 17.0. The Bertz CT molecular complexity index is 976. The van der Waals surface area contributed by atoms with Crippen molar-refractivity contribution in [2.24, 2.45) is 0 Å². The molecule has 0 spiro atoms. The Morgan fingerprint density at radius 1 is 0.833 bits per heavy atom. The smallest absolute Gasteiger partial charge is 0.307 e. The van der Waals surface area contributed by atoms with E-state index in [0.717, 1.165) is 22.4 Å². The van der Waals surface area contributed by atoms with Gasteiger partial charge in [0.25, 0.3) is 0 Å². The predicted molar refractivity (Wildman–Crippen MR) is 113 cm³/mol. The van der Waals surface area contributed by atoms with Crippen LogP contribution in [0.25, 0.3) is 0 Å². The normalized spacial score (nSPS) is 18.0. The Morgan fingerprint density at radius 3 is 2.13 bits per heavy atom. The van der Waals surface area contributed by atoms with Crippen molar-refractivity contribution < 1.29 is 23.7 Å². The van der Waals surface area contributed by atoms with Gasteiger partial charge in [-0.25, -0.2) is 0 Å². The Balaban J connectivity index is 1.53. The van der Waals surface area contributed by atoms with Crippen molar-refractivity contribution in [2.75, 3.05) is 14.2 Å². The maximum Gasteiger partial charge on any atom is 0.307 e. The monoisotopic (exact) mass is 404 g/mol. The summed E-state index contributed by atoms with van der Waals surface area (Å²) in [5.74, 6) is 1.82. The lowest BCUT2D eigenvalue weighted by molar-refractivity contribution is -0.141. The molecule has 0 radical (unpaired) electrons. The third kappa shape index (κ3) is 4.40. The molecule has 5 nitrogen and oxygen atoms in total. The van der Waals surface area contributed by atoms with E-state index in [1.54, 1.807) is 14.2 Å². The average Bonchev–Trinajstić information content (AvgIpc) is 3.20. The third-order valence-corrected chi connectivity index (χ3v) is 5.27. The third-order valence-electron chi connectivity index (χ3n) is 5.27. The molecule has 0 saturated carbocycles. The van der Waals surface area contributed by atoms with Crippen LogP contribution in [0.15, 0.2) is 72.8 Å². The van der Waals surface area contributed by atoms with E-state index in [1.807, 2.05) is 72.8 Å². The summed E-state index contributed by atoms with van der Waals surface area (Å²) in [6, 6.07) is 23.4. The summed E-state index contributed by atoms with van der Waals surface area (Å²) < 4.78 is 22.3. The van der Waals surface area contributed by atoms with Crippen molar-refractivity contribution in [3.8, 4) is 17.2 Å². The van der Waals surface area contributed by atoms with Gasteiger partial charge in [0.1, 0.15) is 30.0 Å². The minimum absolute atomic E-state index is 0.113. The molecule has 1 aliphatic heterocycles. The molecule has 0 aromatic heterocycles. The first-order chi connectivity index (χ1) is 14.7. The molecule has 4 rings (SSSR count). The largest absolute Gasteiger partial charge is 0.497 e. The van der Waals surface area contributed by atoms with Crippen LogP contribution >= 0.6 is 0 Å². The molecule has 2 atom stereocenters. The van der Waals surface area contributed by atoms with Crippen LogP contribution in [0.5, 0.6) is 17.2 Å². The maximum atomic E-state index is 12.1. The molecule has 2 unspecified atom stereocenters. The van der Waals surface area contributed by atoms with Gasteiger partial charge in [0.15, 0.2) is 0 Å². The number of ether oxygens (including phenoxy) is 4. The van der Waals surface area contributed by atoms with E-state index < -0.39 is 0 Å². The number of hydrogen-bond acceptors (Lipinski definition) is 5. The fourth-order valence-electron chi connectivity index (χ4n) is 3.69. The van der Waals surface area contributed by atoms with Crippen molar-refractivity contribution >= 4 is 5.97 Å². The van der Waals surface area contributed by atoms with Crippen LogP contribution in [0.3, 0.4) is 0 Å². The summed E-state index contributed by atoms with van der Waals surface area (Å²) in [4.78, 5) is 12.1. The molecule has 5 heteroatoms. The van der Waals surface area contributed by atoms with Gasteiger partial charge in [-0.1, -0.05) is 42.5 Å². The maximum absolute atomic E-state index is 12.1. The van der Waals surface area contributed by atoms with Crippen LogP contribution in [-0.2, 0) is 16.1 Å². The van der Waals surface area contributed by atoms with Gasteiger partial charge in [0.2, 0.25) is 0 Å². The van der Waals surface area contributed by atoms with E-state index in [1.165, 1.54) is 0 Å². The average molecular weight is 404 g/mol. The lowest BCUT2D eigenvalue weighted by atomic mass is 9.88. The molecule has 1 heterocycles. The minimum atomic E-state index is -0.363. The number of carbonyl (C=O) groups is 1. The summed E-state index contributed by atoms with van der Waals surface area (Å²) in [7, 11) is 3.22. The standard InChI is InChI=1S/C25H24O5/c1-27-21-12-19(13-22(14-21)28-2)23-15-24(26)30-25(23)18-8-10-20(11-9-18)29-16-17-6-4-3-5-7-17/h3-14,23,25H,15-16H2,1-2H3. The first-order valence-electron chi connectivity index (χ1n) is 9.85. The summed E-state index contributed by atoms with van der Waals surface area (Å²) in [5, 5.41) is 0. The second-order valence-corrected chi connectivity index (χ2v) is 7.21. The highest BCUT2D eigenvalue weighted by atomic mass is 16.6. The quantitative estimate of drug-likeness (QED) is 0.516. The van der Waals surface area contributed by atoms with Gasteiger partial charge in [0.05, 0.1) is 20.6 Å². The molecule has 3 aromatic rings. The number of methoxy groups -OCH3 is 2. The van der Waals surface area contributed by atoms with Crippen LogP contribution in [0.1, 0.15) is 35.1 Å². The summed E-state index contributed by atoms with van der Waals surface area (Å²) in [6.45, 7) is 0.505. The van der Waals surface area contributed by atoms with E-state index in [2.05, 4.69) is 0 Å². The molecule has 1 aliphatic rings. The Kier molecular flexibility index (Phi) is 5.89. The van der Waals surface area contributed by atoms with Crippen LogP contribution < -0.4 is 14.2 Å².